The fourth-order valence-corrected chi connectivity index (χ4v) is 7.73. The summed E-state index contributed by atoms with van der Waals surface area (Å²) in [5.41, 5.74) is 1.77. The Kier molecular flexibility index (Phi) is 13.6. The van der Waals surface area contributed by atoms with E-state index in [1.807, 2.05) is 29.2 Å². The number of hydrogen-bond acceptors (Lipinski definition) is 6. The van der Waals surface area contributed by atoms with E-state index in [1.165, 1.54) is 31.4 Å². The van der Waals surface area contributed by atoms with Gasteiger partial charge in [0.15, 0.2) is 0 Å². The number of ether oxygens (including phenoxy) is 1. The zero-order valence-electron chi connectivity index (χ0n) is 30.7. The van der Waals surface area contributed by atoms with E-state index in [9.17, 15) is 36.3 Å². The number of esters is 1. The van der Waals surface area contributed by atoms with Crippen molar-refractivity contribution in [3.63, 3.8) is 0 Å². The Hall–Kier alpha value is -4.54. The van der Waals surface area contributed by atoms with Crippen LogP contribution in [0.1, 0.15) is 60.2 Å². The molecular weight excluding hydrogens is 889 g/mol. The molecule has 55 heavy (non-hydrogen) atoms. The van der Waals surface area contributed by atoms with Crippen molar-refractivity contribution in [1.82, 2.24) is 9.80 Å². The van der Waals surface area contributed by atoms with Gasteiger partial charge in [0, 0.05) is 0 Å². The number of hydrogen-bond donors (Lipinski definition) is 0. The Morgan fingerprint density at radius 2 is 1.56 bits per heavy atom. The van der Waals surface area contributed by atoms with Crippen LogP contribution in [-0.2, 0) is 52.7 Å². The topological polar surface area (TPSA) is 70.2 Å². The molecule has 0 aliphatic carbocycles. The Morgan fingerprint density at radius 1 is 0.909 bits per heavy atom. The molecular formula is C42H42F5N3O4W. The van der Waals surface area contributed by atoms with Gasteiger partial charge in [-0.25, -0.2) is 0 Å². The predicted octanol–water partition coefficient (Wildman–Crippen LogP) is 8.02. The molecule has 4 aromatic rings. The third-order valence-corrected chi connectivity index (χ3v) is 11.7. The van der Waals surface area contributed by atoms with E-state index in [2.05, 4.69) is 0 Å². The van der Waals surface area contributed by atoms with Crippen LogP contribution in [-0.4, -0.2) is 70.4 Å². The predicted molar refractivity (Wildman–Crippen MR) is 197 cm³/mol. The van der Waals surface area contributed by atoms with Gasteiger partial charge in [-0.2, -0.15) is 13.2 Å². The number of carbonyl (C=O) groups is 3. The van der Waals surface area contributed by atoms with Gasteiger partial charge in [0.25, 0.3) is 0 Å². The first kappa shape index (κ1) is 41.6. The van der Waals surface area contributed by atoms with Crippen LogP contribution >= 0.6 is 0 Å². The zero-order valence-corrected chi connectivity index (χ0v) is 33.7. The molecule has 1 aliphatic rings. The standard InChI is InChI=1S/C42H42F5N3O4.W/c1-41(2,40(53)54-3)49-25-23-35(22-15-29-13-16-30(17-14-29)31-18-20-34(21-19-31)42(45,46)47)50(28-49)38(52)26-48(37-12-5-4-8-33(37)27-51)24-7-10-32-9-6-11-36(43)39(32)44;/h4-6,8-9,11-14,16-21,27,35H,7,10,15,22-23,25-26,28H2,1-3H3;. The fourth-order valence-electron chi connectivity index (χ4n) is 6.78. The van der Waals surface area contributed by atoms with Crippen LogP contribution < -0.4 is 4.90 Å². The molecule has 4 aromatic carbocycles. The van der Waals surface area contributed by atoms with Crippen molar-refractivity contribution in [1.29, 1.82) is 0 Å². The van der Waals surface area contributed by atoms with Crippen molar-refractivity contribution in [3.8, 4) is 11.1 Å². The second kappa shape index (κ2) is 17.9. The molecule has 1 amide bonds. The number of alkyl halides is 3. The number of halogens is 5. The summed E-state index contributed by atoms with van der Waals surface area (Å²) in [6.07, 6.45) is -1.44. The van der Waals surface area contributed by atoms with E-state index in [-0.39, 0.29) is 37.1 Å². The maximum atomic E-state index is 14.6. The van der Waals surface area contributed by atoms with E-state index in [0.717, 1.165) is 59.0 Å². The molecule has 1 saturated heterocycles. The summed E-state index contributed by atoms with van der Waals surface area (Å²) >= 11 is 0.990. The van der Waals surface area contributed by atoms with E-state index < -0.39 is 34.9 Å². The molecule has 1 fully saturated rings. The van der Waals surface area contributed by atoms with E-state index in [0.29, 0.717) is 49.0 Å². The molecule has 290 valence electrons. The molecule has 0 saturated carbocycles. The number of para-hydroxylation sites is 1. The first-order valence-electron chi connectivity index (χ1n) is 17.8. The van der Waals surface area contributed by atoms with Crippen LogP contribution in [0.5, 0.6) is 0 Å². The summed E-state index contributed by atoms with van der Waals surface area (Å²) in [4.78, 5) is 45.0. The van der Waals surface area contributed by atoms with Gasteiger partial charge in [0.2, 0.25) is 0 Å². The Labute approximate surface area is 328 Å². The third-order valence-electron chi connectivity index (χ3n) is 10.1. The summed E-state index contributed by atoms with van der Waals surface area (Å²) in [5, 5.41) is 0. The SMILES string of the molecule is COC(=O)C(C)(C)N1CCC(CCc2ccc(-c3ccc(C(F)(F)F)cc3)cc2)N(C(=O)CN([C](=[W])CCc2cccc(F)c2F)c2ccccc2C=O)C1. The molecule has 0 radical (unpaired) electrons. The normalized spacial score (nSPS) is 15.1. The van der Waals surface area contributed by atoms with Gasteiger partial charge in [-0.3, -0.25) is 0 Å². The Bertz CT molecular complexity index is 2000. The molecule has 1 unspecified atom stereocenters. The quantitative estimate of drug-likeness (QED) is 0.0726. The van der Waals surface area contributed by atoms with Crippen LogP contribution in [0.3, 0.4) is 0 Å². The molecule has 1 atom stereocenters. The maximum absolute atomic E-state index is 14.6. The minimum absolute atomic E-state index is 0.139. The molecule has 1 aliphatic heterocycles. The van der Waals surface area contributed by atoms with Crippen LogP contribution in [0.15, 0.2) is 91.0 Å². The van der Waals surface area contributed by atoms with Gasteiger partial charge in [-0.1, -0.05) is 12.1 Å². The van der Waals surface area contributed by atoms with Gasteiger partial charge in [-0.05, 0) is 17.7 Å². The van der Waals surface area contributed by atoms with Crippen molar-refractivity contribution in [2.75, 3.05) is 31.8 Å². The third kappa shape index (κ3) is 10.0. The van der Waals surface area contributed by atoms with Crippen molar-refractivity contribution in [3.05, 3.63) is 125 Å². The van der Waals surface area contributed by atoms with Crippen LogP contribution in [0.2, 0.25) is 0 Å². The zero-order chi connectivity index (χ0) is 39.9. The molecule has 1 heterocycles. The number of aldehydes is 1. The molecule has 0 N–H and O–H groups in total. The van der Waals surface area contributed by atoms with Gasteiger partial charge >= 0.3 is 281 Å². The van der Waals surface area contributed by atoms with Gasteiger partial charge in [0.1, 0.15) is 0 Å². The Balaban J connectivity index is 1.37. The second-order valence-electron chi connectivity index (χ2n) is 13.9. The molecule has 0 bridgehead atoms. The average Bonchev–Trinajstić information content (AvgIpc) is 3.18. The van der Waals surface area contributed by atoms with Crippen LogP contribution in [0.25, 0.3) is 11.1 Å². The van der Waals surface area contributed by atoms with Gasteiger partial charge < -0.3 is 0 Å². The summed E-state index contributed by atoms with van der Waals surface area (Å²) in [5.74, 6) is -2.54. The average molecular weight is 932 g/mol. The van der Waals surface area contributed by atoms with E-state index in [1.54, 1.807) is 47.9 Å². The number of rotatable bonds is 14. The fraction of sp³-hybridized carbons (Fsp3) is 0.333. The Morgan fingerprint density at radius 3 is 2.20 bits per heavy atom. The minimum atomic E-state index is -4.41. The molecule has 0 spiro atoms. The number of amides is 1. The molecule has 0 aromatic heterocycles. The second-order valence-corrected chi connectivity index (χ2v) is 15.6. The number of benzene rings is 4. The van der Waals surface area contributed by atoms with Gasteiger partial charge in [-0.15, -0.1) is 0 Å². The molecule has 5 rings (SSSR count). The summed E-state index contributed by atoms with van der Waals surface area (Å²) in [6.45, 7) is 4.02. The molecule has 7 nitrogen and oxygen atoms in total. The monoisotopic (exact) mass is 931 g/mol. The van der Waals surface area contributed by atoms with Gasteiger partial charge in [0.05, 0.1) is 5.56 Å². The number of anilines is 1. The van der Waals surface area contributed by atoms with Crippen molar-refractivity contribution < 1.29 is 60.4 Å². The van der Waals surface area contributed by atoms with Crippen molar-refractivity contribution in [2.45, 2.75) is 63.7 Å². The van der Waals surface area contributed by atoms with E-state index >= 15 is 0 Å². The first-order chi connectivity index (χ1) is 26.1. The number of carbonyl (C=O) groups excluding carboxylic acids is 3. The number of nitrogens with zero attached hydrogens (tertiary/aromatic N) is 3. The van der Waals surface area contributed by atoms with Crippen molar-refractivity contribution >= 4 is 27.9 Å². The summed E-state index contributed by atoms with van der Waals surface area (Å²) in [7, 11) is 1.32. The number of methoxy groups -OCH3 is 1. The van der Waals surface area contributed by atoms with E-state index in [4.69, 9.17) is 4.74 Å². The van der Waals surface area contributed by atoms with Crippen LogP contribution in [0.4, 0.5) is 27.6 Å². The van der Waals surface area contributed by atoms with Crippen molar-refractivity contribution in [2.24, 2.45) is 0 Å². The summed E-state index contributed by atoms with van der Waals surface area (Å²) < 4.78 is 73.6. The van der Waals surface area contributed by atoms with Crippen LogP contribution in [0, 0.1) is 11.6 Å². The molecule has 13 heteroatoms. The summed E-state index contributed by atoms with van der Waals surface area (Å²) in [6, 6.07) is 23.3. The first-order valence-corrected chi connectivity index (χ1v) is 19.3. The number of aryl methyl sites for hydroxylation is 2.